The van der Waals surface area contributed by atoms with E-state index in [2.05, 4.69) is 24.2 Å². The summed E-state index contributed by atoms with van der Waals surface area (Å²) < 4.78 is 48.0. The maximum absolute atomic E-state index is 13.1. The number of unbranched alkanes of at least 4 members (excludes halogenated alkanes) is 1. The quantitative estimate of drug-likeness (QED) is 0.334. The molecule has 4 rings (SSSR count). The van der Waals surface area contributed by atoms with Crippen LogP contribution in [0.1, 0.15) is 44.5 Å². The van der Waals surface area contributed by atoms with E-state index in [0.29, 0.717) is 50.8 Å². The van der Waals surface area contributed by atoms with Gasteiger partial charge in [0.2, 0.25) is 0 Å². The molecule has 2 aliphatic heterocycles. The van der Waals surface area contributed by atoms with Crippen LogP contribution in [0.15, 0.2) is 45.1 Å². The van der Waals surface area contributed by atoms with Gasteiger partial charge in [-0.3, -0.25) is 14.4 Å². The van der Waals surface area contributed by atoms with E-state index in [1.165, 1.54) is 8.61 Å². The van der Waals surface area contributed by atoms with Crippen LogP contribution in [0.5, 0.6) is 0 Å². The van der Waals surface area contributed by atoms with Crippen LogP contribution in [0.4, 0.5) is 4.39 Å². The molecule has 2 aromatic rings. The van der Waals surface area contributed by atoms with Crippen LogP contribution >= 0.6 is 0 Å². The lowest BCUT2D eigenvalue weighted by molar-refractivity contribution is 0.443. The molecule has 2 aliphatic rings. The number of hydrogen-bond donors (Lipinski definition) is 1. The van der Waals surface area contributed by atoms with Gasteiger partial charge in [-0.25, -0.2) is 4.39 Å². The summed E-state index contributed by atoms with van der Waals surface area (Å²) >= 11 is 0. The van der Waals surface area contributed by atoms with Gasteiger partial charge in [0, 0.05) is 57.6 Å². The highest BCUT2D eigenvalue weighted by atomic mass is 32.2. The Morgan fingerprint density at radius 3 is 2.89 bits per heavy atom. The van der Waals surface area contributed by atoms with Crippen LogP contribution in [0.3, 0.4) is 0 Å². The average Bonchev–Trinajstić information content (AvgIpc) is 3.48. The number of nitrogens with one attached hydrogen (secondary N) is 1. The highest BCUT2D eigenvalue weighted by Crippen LogP contribution is 2.37. The summed E-state index contributed by atoms with van der Waals surface area (Å²) in [6.07, 6.45) is 13.2. The van der Waals surface area contributed by atoms with E-state index in [1.807, 2.05) is 22.7 Å². The Labute approximate surface area is 217 Å². The van der Waals surface area contributed by atoms with Crippen molar-refractivity contribution in [3.63, 3.8) is 0 Å². The second kappa shape index (κ2) is 11.8. The molecule has 1 saturated heterocycles. The summed E-state index contributed by atoms with van der Waals surface area (Å²) in [4.78, 5) is 14.2. The van der Waals surface area contributed by atoms with Gasteiger partial charge >= 0.3 is 5.84 Å². The standard InChI is InChI=1S/C25H36FN7O3S/c1-4-5-8-25(2,9-6-10-26)23-22(33-16-17-36-24(33)30-23)21-7-11-27-18-20(29-21)19-28-12-13-32-15-14-31(3)37(32,34)35/h6-7,9,11,16-17,28H,4-5,8,10,12-15,18-19H2,1-3H3/b9-6-. The zero-order chi connectivity index (χ0) is 26.5. The van der Waals surface area contributed by atoms with Crippen molar-refractivity contribution in [1.29, 1.82) is 0 Å². The van der Waals surface area contributed by atoms with Crippen LogP contribution in [0, 0.1) is 0 Å². The van der Waals surface area contributed by atoms with Gasteiger partial charge < -0.3 is 9.73 Å². The number of imidazole rings is 1. The third-order valence-electron chi connectivity index (χ3n) is 6.81. The molecule has 0 aliphatic carbocycles. The molecule has 0 bridgehead atoms. The fraction of sp³-hybridized carbons (Fsp3) is 0.560. The van der Waals surface area contributed by atoms with Gasteiger partial charge in [-0.1, -0.05) is 38.8 Å². The van der Waals surface area contributed by atoms with Crippen LogP contribution in [-0.4, -0.2) is 91.3 Å². The van der Waals surface area contributed by atoms with Gasteiger partial charge in [0.25, 0.3) is 10.2 Å². The maximum atomic E-state index is 13.1. The molecule has 1 N–H and O–H groups in total. The molecule has 0 amide bonds. The number of oxazole rings is 1. The van der Waals surface area contributed by atoms with Crippen molar-refractivity contribution in [2.75, 3.05) is 53.0 Å². The van der Waals surface area contributed by atoms with Gasteiger partial charge in [-0.2, -0.15) is 22.0 Å². The molecule has 202 valence electrons. The molecule has 37 heavy (non-hydrogen) atoms. The third kappa shape index (κ3) is 5.92. The zero-order valence-electron chi connectivity index (χ0n) is 21.7. The number of likely N-dealkylation sites (N-methyl/N-ethyl adjacent to an activating group) is 1. The van der Waals surface area contributed by atoms with Crippen molar-refractivity contribution in [2.45, 2.75) is 38.5 Å². The predicted octanol–water partition coefficient (Wildman–Crippen LogP) is 2.85. The van der Waals surface area contributed by atoms with Crippen LogP contribution in [-0.2, 0) is 15.6 Å². The smallest absolute Gasteiger partial charge is 0.306 e. The molecule has 2 aromatic heterocycles. The van der Waals surface area contributed by atoms with E-state index in [0.717, 1.165) is 36.4 Å². The first-order valence-corrected chi connectivity index (χ1v) is 14.1. The fourth-order valence-corrected chi connectivity index (χ4v) is 5.99. The second-order valence-electron chi connectivity index (χ2n) is 9.57. The van der Waals surface area contributed by atoms with Crippen LogP contribution in [0.2, 0.25) is 0 Å². The number of aromatic nitrogens is 2. The van der Waals surface area contributed by atoms with E-state index in [4.69, 9.17) is 14.4 Å². The predicted molar refractivity (Wildman–Crippen MR) is 144 cm³/mol. The summed E-state index contributed by atoms with van der Waals surface area (Å²) in [6, 6.07) is 0. The minimum absolute atomic E-state index is 0.394. The molecule has 0 radical (unpaired) electrons. The molecule has 10 nitrogen and oxygen atoms in total. The molecule has 1 fully saturated rings. The molecule has 1 unspecified atom stereocenters. The monoisotopic (exact) mass is 533 g/mol. The largest absolute Gasteiger partial charge is 0.432 e. The van der Waals surface area contributed by atoms with E-state index in [9.17, 15) is 12.8 Å². The Morgan fingerprint density at radius 1 is 1.32 bits per heavy atom. The average molecular weight is 534 g/mol. The number of rotatable bonds is 12. The van der Waals surface area contributed by atoms with Gasteiger partial charge in [-0.05, 0) is 12.5 Å². The van der Waals surface area contributed by atoms with Gasteiger partial charge in [0.15, 0.2) is 0 Å². The molecular weight excluding hydrogens is 497 g/mol. The van der Waals surface area contributed by atoms with Crippen molar-refractivity contribution in [1.82, 2.24) is 23.3 Å². The topological polar surface area (TPSA) is 108 Å². The summed E-state index contributed by atoms with van der Waals surface area (Å²) in [7, 11) is -1.75. The summed E-state index contributed by atoms with van der Waals surface area (Å²) in [5, 5.41) is 3.31. The SMILES string of the molecule is CCCCC(C)(/C=C\CF)c1nc2occn2c1C1=CC=NCC(CNCCN2CCN(C)S2(=O)=O)=N1. The molecular formula is C25H36FN7O3S. The molecule has 12 heteroatoms. The Bertz CT molecular complexity index is 1310. The van der Waals surface area contributed by atoms with Gasteiger partial charge in [0.1, 0.15) is 12.9 Å². The Hall–Kier alpha value is -2.67. The Balaban J connectivity index is 1.57. The molecule has 0 saturated carbocycles. The first-order chi connectivity index (χ1) is 17.8. The molecule has 4 heterocycles. The number of alkyl halides is 1. The molecule has 1 atom stereocenters. The van der Waals surface area contributed by atoms with E-state index < -0.39 is 22.3 Å². The summed E-state index contributed by atoms with van der Waals surface area (Å²) in [6.45, 7) is 6.45. The molecule has 0 aromatic carbocycles. The maximum Gasteiger partial charge on any atom is 0.306 e. The van der Waals surface area contributed by atoms with E-state index in [-0.39, 0.29) is 0 Å². The van der Waals surface area contributed by atoms with Crippen molar-refractivity contribution < 1.29 is 17.2 Å². The van der Waals surface area contributed by atoms with E-state index in [1.54, 1.807) is 25.6 Å². The lowest BCUT2D eigenvalue weighted by Gasteiger charge is -2.25. The van der Waals surface area contributed by atoms with Gasteiger partial charge in [-0.15, -0.1) is 0 Å². The van der Waals surface area contributed by atoms with Crippen molar-refractivity contribution in [3.8, 4) is 0 Å². The number of halogens is 1. The summed E-state index contributed by atoms with van der Waals surface area (Å²) in [5.41, 5.74) is 2.59. The summed E-state index contributed by atoms with van der Waals surface area (Å²) in [5.74, 6) is 0.454. The highest BCUT2D eigenvalue weighted by Gasteiger charge is 2.34. The van der Waals surface area contributed by atoms with Crippen LogP contribution in [0.25, 0.3) is 11.5 Å². The first-order valence-electron chi connectivity index (χ1n) is 12.7. The van der Waals surface area contributed by atoms with Crippen molar-refractivity contribution >= 4 is 33.7 Å². The fourth-order valence-electron chi connectivity index (χ4n) is 4.65. The number of aliphatic imine (C=N–C) groups is 2. The van der Waals surface area contributed by atoms with Gasteiger partial charge in [0.05, 0.1) is 29.3 Å². The van der Waals surface area contributed by atoms with Crippen molar-refractivity contribution in [3.05, 3.63) is 42.1 Å². The number of nitrogens with zero attached hydrogens (tertiary/aromatic N) is 6. The number of allylic oxidation sites excluding steroid dienone is 3. The molecule has 0 spiro atoms. The minimum Gasteiger partial charge on any atom is -0.432 e. The lowest BCUT2D eigenvalue weighted by Crippen LogP contribution is -2.37. The van der Waals surface area contributed by atoms with E-state index >= 15 is 0 Å². The van der Waals surface area contributed by atoms with Crippen LogP contribution < -0.4 is 5.32 Å². The first kappa shape index (κ1) is 27.4. The second-order valence-corrected chi connectivity index (χ2v) is 11.6. The van der Waals surface area contributed by atoms with Crippen molar-refractivity contribution in [2.24, 2.45) is 9.98 Å². The third-order valence-corrected chi connectivity index (χ3v) is 8.80. The highest BCUT2D eigenvalue weighted by molar-refractivity contribution is 7.87. The Morgan fingerprint density at radius 2 is 2.16 bits per heavy atom. The minimum atomic E-state index is -3.35. The Kier molecular flexibility index (Phi) is 8.73. The normalized spacial score (nSPS) is 20.4. The zero-order valence-corrected chi connectivity index (χ0v) is 22.5. The lowest BCUT2D eigenvalue weighted by atomic mass is 9.80. The number of fused-ring (bicyclic) bond motifs is 1. The number of hydrogen-bond acceptors (Lipinski definition) is 7.